The number of hydrogen-bond donors (Lipinski definition) is 1. The third-order valence-corrected chi connectivity index (χ3v) is 4.16. The lowest BCUT2D eigenvalue weighted by Gasteiger charge is -2.11. The predicted molar refractivity (Wildman–Crippen MR) is 75.3 cm³/mol. The van der Waals surface area contributed by atoms with Crippen LogP contribution in [0.3, 0.4) is 0 Å². The smallest absolute Gasteiger partial charge is 0.352 e. The molecule has 100 valence electrons. The maximum absolute atomic E-state index is 11.6. The third-order valence-electron chi connectivity index (χ3n) is 2.48. The van der Waals surface area contributed by atoms with Gasteiger partial charge in [0.1, 0.15) is 5.69 Å². The van der Waals surface area contributed by atoms with Gasteiger partial charge in [-0.15, -0.1) is 11.3 Å². The maximum atomic E-state index is 11.6. The van der Waals surface area contributed by atoms with E-state index in [1.807, 2.05) is 11.4 Å². The number of carbonyl (C=O) groups is 1. The Balaban J connectivity index is 2.47. The number of ether oxygens (including phenoxy) is 1. The number of aromatic carboxylic acids is 1. The Bertz CT molecular complexity index is 677. The standard InChI is InChI=1S/C12H10BrNO4S/c1-18-11-5-14(4-8-2-7(13)6-19-8)9(12(16)17)3-10(11)15/h2-3,5-6H,4H2,1H3,(H,16,17). The van der Waals surface area contributed by atoms with E-state index < -0.39 is 11.4 Å². The second kappa shape index (κ2) is 5.58. The van der Waals surface area contributed by atoms with Crippen LogP contribution in [0, 0.1) is 0 Å². The minimum Gasteiger partial charge on any atom is -0.491 e. The summed E-state index contributed by atoms with van der Waals surface area (Å²) in [7, 11) is 1.38. The lowest BCUT2D eigenvalue weighted by atomic mass is 10.3. The van der Waals surface area contributed by atoms with E-state index in [1.165, 1.54) is 29.2 Å². The van der Waals surface area contributed by atoms with Crippen LogP contribution >= 0.6 is 27.3 Å². The molecule has 2 heterocycles. The molecule has 7 heteroatoms. The number of hydrogen-bond acceptors (Lipinski definition) is 4. The number of nitrogens with zero attached hydrogens (tertiary/aromatic N) is 1. The highest BCUT2D eigenvalue weighted by atomic mass is 79.9. The van der Waals surface area contributed by atoms with Gasteiger partial charge in [-0.2, -0.15) is 0 Å². The molecule has 0 saturated carbocycles. The van der Waals surface area contributed by atoms with E-state index >= 15 is 0 Å². The van der Waals surface area contributed by atoms with Crippen LogP contribution in [0.15, 0.2) is 33.0 Å². The topological polar surface area (TPSA) is 68.5 Å². The number of rotatable bonds is 4. The summed E-state index contributed by atoms with van der Waals surface area (Å²) in [6, 6.07) is 2.98. The number of thiophene rings is 1. The zero-order chi connectivity index (χ0) is 14.0. The first-order valence-corrected chi connectivity index (χ1v) is 6.93. The van der Waals surface area contributed by atoms with E-state index in [2.05, 4.69) is 15.9 Å². The minimum absolute atomic E-state index is 0.0599. The molecule has 2 aromatic heterocycles. The quantitative estimate of drug-likeness (QED) is 0.925. The molecule has 0 bridgehead atoms. The summed E-state index contributed by atoms with van der Waals surface area (Å²) >= 11 is 4.85. The number of methoxy groups -OCH3 is 1. The van der Waals surface area contributed by atoms with Crippen LogP contribution < -0.4 is 10.2 Å². The van der Waals surface area contributed by atoms with E-state index in [9.17, 15) is 9.59 Å². The molecule has 0 aromatic carbocycles. The van der Waals surface area contributed by atoms with Gasteiger partial charge >= 0.3 is 5.97 Å². The van der Waals surface area contributed by atoms with E-state index in [0.29, 0.717) is 6.54 Å². The fourth-order valence-corrected chi connectivity index (χ4v) is 3.08. The van der Waals surface area contributed by atoms with Gasteiger partial charge < -0.3 is 14.4 Å². The molecular weight excluding hydrogens is 334 g/mol. The molecule has 0 aliphatic carbocycles. The molecule has 0 saturated heterocycles. The fourth-order valence-electron chi connectivity index (χ4n) is 1.63. The summed E-state index contributed by atoms with van der Waals surface area (Å²) in [6.07, 6.45) is 1.42. The molecular formula is C12H10BrNO4S. The van der Waals surface area contributed by atoms with Gasteiger partial charge in [0.25, 0.3) is 0 Å². The molecule has 0 atom stereocenters. The molecule has 0 unspecified atom stereocenters. The number of halogens is 1. The van der Waals surface area contributed by atoms with Gasteiger partial charge in [-0.1, -0.05) is 0 Å². The number of carboxylic acids is 1. The summed E-state index contributed by atoms with van der Waals surface area (Å²) in [4.78, 5) is 23.7. The van der Waals surface area contributed by atoms with E-state index in [0.717, 1.165) is 15.4 Å². The Morgan fingerprint density at radius 3 is 2.79 bits per heavy atom. The first kappa shape index (κ1) is 13.8. The van der Waals surface area contributed by atoms with Crippen molar-refractivity contribution < 1.29 is 14.6 Å². The SMILES string of the molecule is COc1cn(Cc2cc(Br)cs2)c(C(=O)O)cc1=O. The summed E-state index contributed by atoms with van der Waals surface area (Å²) in [5.74, 6) is -1.02. The summed E-state index contributed by atoms with van der Waals surface area (Å²) in [5, 5.41) is 11.0. The van der Waals surface area contributed by atoms with Gasteiger partial charge in [-0.3, -0.25) is 4.79 Å². The molecule has 2 aromatic rings. The summed E-state index contributed by atoms with van der Waals surface area (Å²) in [6.45, 7) is 0.370. The predicted octanol–water partition coefficient (Wildman–Crippen LogP) is 2.43. The highest BCUT2D eigenvalue weighted by molar-refractivity contribution is 9.10. The minimum atomic E-state index is -1.14. The van der Waals surface area contributed by atoms with Crippen LogP contribution in [0.4, 0.5) is 0 Å². The molecule has 0 fully saturated rings. The van der Waals surface area contributed by atoms with Crippen LogP contribution in [0.5, 0.6) is 5.75 Å². The van der Waals surface area contributed by atoms with Crippen molar-refractivity contribution in [2.24, 2.45) is 0 Å². The largest absolute Gasteiger partial charge is 0.491 e. The summed E-state index contributed by atoms with van der Waals surface area (Å²) < 4.78 is 7.36. The molecule has 0 aliphatic rings. The van der Waals surface area contributed by atoms with Gasteiger partial charge in [-0.25, -0.2) is 4.79 Å². The van der Waals surface area contributed by atoms with Gasteiger partial charge in [0.2, 0.25) is 5.43 Å². The fraction of sp³-hybridized carbons (Fsp3) is 0.167. The van der Waals surface area contributed by atoms with Crippen molar-refractivity contribution in [3.63, 3.8) is 0 Å². The average Bonchev–Trinajstić information content (AvgIpc) is 2.76. The molecule has 0 amide bonds. The highest BCUT2D eigenvalue weighted by Gasteiger charge is 2.13. The van der Waals surface area contributed by atoms with Crippen LogP contribution in [0.25, 0.3) is 0 Å². The summed E-state index contributed by atoms with van der Waals surface area (Å²) in [5.41, 5.74) is -0.501. The van der Waals surface area contributed by atoms with Crippen LogP contribution in [-0.2, 0) is 6.54 Å². The van der Waals surface area contributed by atoms with Crippen LogP contribution in [-0.4, -0.2) is 22.8 Å². The first-order chi connectivity index (χ1) is 9.01. The van der Waals surface area contributed by atoms with Gasteiger partial charge in [0.05, 0.1) is 19.9 Å². The molecule has 0 radical (unpaired) electrons. The maximum Gasteiger partial charge on any atom is 0.352 e. The Hall–Kier alpha value is -1.60. The molecule has 19 heavy (non-hydrogen) atoms. The highest BCUT2D eigenvalue weighted by Crippen LogP contribution is 2.21. The van der Waals surface area contributed by atoms with E-state index in [-0.39, 0.29) is 11.4 Å². The normalized spacial score (nSPS) is 10.4. The third kappa shape index (κ3) is 3.05. The van der Waals surface area contributed by atoms with Crippen LogP contribution in [0.2, 0.25) is 0 Å². The number of pyridine rings is 1. The number of aromatic nitrogens is 1. The van der Waals surface area contributed by atoms with Gasteiger partial charge in [0, 0.05) is 20.8 Å². The Kier molecular flexibility index (Phi) is 4.06. The first-order valence-electron chi connectivity index (χ1n) is 5.26. The molecule has 5 nitrogen and oxygen atoms in total. The molecule has 0 aliphatic heterocycles. The Morgan fingerprint density at radius 2 is 2.26 bits per heavy atom. The van der Waals surface area contributed by atoms with Crippen molar-refractivity contribution in [1.82, 2.24) is 4.57 Å². The number of carboxylic acid groups (broad SMARTS) is 1. The van der Waals surface area contributed by atoms with E-state index in [1.54, 1.807) is 0 Å². The van der Waals surface area contributed by atoms with Gasteiger partial charge in [0.15, 0.2) is 5.75 Å². The average molecular weight is 344 g/mol. The Labute approximate surface area is 121 Å². The lowest BCUT2D eigenvalue weighted by molar-refractivity contribution is 0.0684. The van der Waals surface area contributed by atoms with Crippen molar-refractivity contribution >= 4 is 33.2 Å². The van der Waals surface area contributed by atoms with E-state index in [4.69, 9.17) is 9.84 Å². The van der Waals surface area contributed by atoms with Crippen molar-refractivity contribution in [3.05, 3.63) is 49.0 Å². The zero-order valence-electron chi connectivity index (χ0n) is 9.92. The lowest BCUT2D eigenvalue weighted by Crippen LogP contribution is -2.18. The monoisotopic (exact) mass is 343 g/mol. The van der Waals surface area contributed by atoms with Gasteiger partial charge in [-0.05, 0) is 22.0 Å². The zero-order valence-corrected chi connectivity index (χ0v) is 12.3. The molecule has 1 N–H and O–H groups in total. The molecule has 0 spiro atoms. The molecule has 2 rings (SSSR count). The van der Waals surface area contributed by atoms with Crippen molar-refractivity contribution in [2.45, 2.75) is 6.54 Å². The van der Waals surface area contributed by atoms with Crippen molar-refractivity contribution in [1.29, 1.82) is 0 Å². The second-order valence-electron chi connectivity index (χ2n) is 3.76. The van der Waals surface area contributed by atoms with Crippen LogP contribution in [0.1, 0.15) is 15.4 Å². The second-order valence-corrected chi connectivity index (χ2v) is 5.67. The Morgan fingerprint density at radius 1 is 1.53 bits per heavy atom. The van der Waals surface area contributed by atoms with Crippen molar-refractivity contribution in [2.75, 3.05) is 7.11 Å². The van der Waals surface area contributed by atoms with Crippen molar-refractivity contribution in [3.8, 4) is 5.75 Å².